The highest BCUT2D eigenvalue weighted by molar-refractivity contribution is 5.82. The number of nitrogens with zero attached hydrogens (tertiary/aromatic N) is 1. The van der Waals surface area contributed by atoms with Crippen molar-refractivity contribution in [2.45, 2.75) is 64.8 Å². The van der Waals surface area contributed by atoms with Crippen LogP contribution < -0.4 is 5.73 Å². The first kappa shape index (κ1) is 13.9. The highest BCUT2D eigenvalue weighted by Gasteiger charge is 2.41. The van der Waals surface area contributed by atoms with Crippen LogP contribution in [0.5, 0.6) is 0 Å². The highest BCUT2D eigenvalue weighted by Crippen LogP contribution is 2.43. The lowest BCUT2D eigenvalue weighted by Gasteiger charge is -2.33. The Labute approximate surface area is 111 Å². The molecule has 1 amide bonds. The van der Waals surface area contributed by atoms with Gasteiger partial charge in [-0.15, -0.1) is 0 Å². The highest BCUT2D eigenvalue weighted by atomic mass is 16.2. The monoisotopic (exact) mass is 252 g/mol. The van der Waals surface area contributed by atoms with Crippen molar-refractivity contribution in [3.8, 4) is 0 Å². The van der Waals surface area contributed by atoms with Gasteiger partial charge < -0.3 is 10.6 Å². The van der Waals surface area contributed by atoms with E-state index in [2.05, 4.69) is 13.8 Å². The Morgan fingerprint density at radius 3 is 2.56 bits per heavy atom. The van der Waals surface area contributed by atoms with Crippen molar-refractivity contribution in [2.24, 2.45) is 17.1 Å². The summed E-state index contributed by atoms with van der Waals surface area (Å²) >= 11 is 0. The van der Waals surface area contributed by atoms with Gasteiger partial charge in [-0.1, -0.05) is 39.5 Å². The maximum absolute atomic E-state index is 12.4. The number of likely N-dealkylation sites (tertiary alicyclic amines) is 1. The molecule has 0 bridgehead atoms. The summed E-state index contributed by atoms with van der Waals surface area (Å²) < 4.78 is 0. The molecule has 0 radical (unpaired) electrons. The number of hydrogen-bond donors (Lipinski definition) is 1. The average Bonchev–Trinajstić information content (AvgIpc) is 2.80. The van der Waals surface area contributed by atoms with Crippen LogP contribution in [-0.2, 0) is 4.79 Å². The van der Waals surface area contributed by atoms with E-state index in [0.29, 0.717) is 11.3 Å². The number of hydrogen-bond acceptors (Lipinski definition) is 2. The van der Waals surface area contributed by atoms with E-state index in [9.17, 15) is 4.79 Å². The van der Waals surface area contributed by atoms with E-state index in [0.717, 1.165) is 19.5 Å². The quantitative estimate of drug-likeness (QED) is 0.839. The number of nitrogens with two attached hydrogens (primary N) is 1. The number of carbonyl (C=O) groups is 1. The molecule has 0 aromatic carbocycles. The van der Waals surface area contributed by atoms with Crippen LogP contribution in [0, 0.1) is 11.3 Å². The van der Waals surface area contributed by atoms with Gasteiger partial charge in [0.15, 0.2) is 0 Å². The lowest BCUT2D eigenvalue weighted by Crippen LogP contribution is -2.46. The first-order valence-electron chi connectivity index (χ1n) is 7.62. The maximum atomic E-state index is 12.4. The minimum absolute atomic E-state index is 0.187. The molecule has 2 unspecified atom stereocenters. The molecule has 1 saturated heterocycles. The standard InChI is InChI=1S/C15H28N2O/c1-3-12(2)13(16)14(18)17-10-9-15(11-17)7-5-4-6-8-15/h12-13H,3-11,16H2,1-2H3. The van der Waals surface area contributed by atoms with Crippen LogP contribution in [-0.4, -0.2) is 29.9 Å². The van der Waals surface area contributed by atoms with E-state index in [4.69, 9.17) is 5.73 Å². The van der Waals surface area contributed by atoms with E-state index in [1.807, 2.05) is 4.90 Å². The van der Waals surface area contributed by atoms with E-state index >= 15 is 0 Å². The van der Waals surface area contributed by atoms with E-state index in [1.54, 1.807) is 0 Å². The average molecular weight is 252 g/mol. The van der Waals surface area contributed by atoms with Crippen molar-refractivity contribution >= 4 is 5.91 Å². The van der Waals surface area contributed by atoms with Gasteiger partial charge in [-0.25, -0.2) is 0 Å². The lowest BCUT2D eigenvalue weighted by atomic mass is 9.73. The fraction of sp³-hybridized carbons (Fsp3) is 0.933. The topological polar surface area (TPSA) is 46.3 Å². The Morgan fingerprint density at radius 2 is 1.94 bits per heavy atom. The number of rotatable bonds is 3. The Hall–Kier alpha value is -0.570. The number of amides is 1. The smallest absolute Gasteiger partial charge is 0.239 e. The van der Waals surface area contributed by atoms with E-state index in [-0.39, 0.29) is 11.9 Å². The Kier molecular flexibility index (Phi) is 4.31. The largest absolute Gasteiger partial charge is 0.341 e. The van der Waals surface area contributed by atoms with Gasteiger partial charge in [0, 0.05) is 13.1 Å². The molecule has 104 valence electrons. The molecular weight excluding hydrogens is 224 g/mol. The molecular formula is C15H28N2O. The molecule has 1 aliphatic carbocycles. The molecule has 2 fully saturated rings. The zero-order valence-electron chi connectivity index (χ0n) is 12.0. The predicted octanol–water partition coefficient (Wildman–Crippen LogP) is 2.54. The molecule has 1 heterocycles. The zero-order chi connectivity index (χ0) is 13.2. The van der Waals surface area contributed by atoms with Gasteiger partial charge >= 0.3 is 0 Å². The molecule has 1 saturated carbocycles. The van der Waals surface area contributed by atoms with Crippen LogP contribution in [0.1, 0.15) is 58.8 Å². The summed E-state index contributed by atoms with van der Waals surface area (Å²) in [6.45, 7) is 6.08. The maximum Gasteiger partial charge on any atom is 0.239 e. The van der Waals surface area contributed by atoms with Gasteiger partial charge in [0.05, 0.1) is 6.04 Å². The molecule has 2 aliphatic rings. The number of carbonyl (C=O) groups excluding carboxylic acids is 1. The summed E-state index contributed by atoms with van der Waals surface area (Å²) in [4.78, 5) is 14.4. The zero-order valence-corrected chi connectivity index (χ0v) is 12.0. The van der Waals surface area contributed by atoms with Crippen molar-refractivity contribution in [3.05, 3.63) is 0 Å². The molecule has 0 aromatic rings. The third kappa shape index (κ3) is 2.71. The summed E-state index contributed by atoms with van der Waals surface area (Å²) in [5.74, 6) is 0.479. The SMILES string of the molecule is CCC(C)C(N)C(=O)N1CCC2(CCCCC2)C1. The fourth-order valence-electron chi connectivity index (χ4n) is 3.54. The summed E-state index contributed by atoms with van der Waals surface area (Å²) in [6.07, 6.45) is 8.88. The van der Waals surface area contributed by atoms with Crippen molar-refractivity contribution in [1.29, 1.82) is 0 Å². The van der Waals surface area contributed by atoms with Gasteiger partial charge in [-0.3, -0.25) is 4.79 Å². The molecule has 1 aliphatic heterocycles. The van der Waals surface area contributed by atoms with Crippen LogP contribution in [0.15, 0.2) is 0 Å². The Balaban J connectivity index is 1.93. The second-order valence-corrected chi connectivity index (χ2v) is 6.48. The molecule has 18 heavy (non-hydrogen) atoms. The molecule has 1 spiro atoms. The van der Waals surface area contributed by atoms with Crippen molar-refractivity contribution < 1.29 is 4.79 Å². The minimum atomic E-state index is -0.297. The van der Waals surface area contributed by atoms with Crippen LogP contribution in [0.3, 0.4) is 0 Å². The summed E-state index contributed by atoms with van der Waals surface area (Å²) in [7, 11) is 0. The third-order valence-electron chi connectivity index (χ3n) is 5.21. The van der Waals surface area contributed by atoms with E-state index in [1.165, 1.54) is 38.5 Å². The fourth-order valence-corrected chi connectivity index (χ4v) is 3.54. The van der Waals surface area contributed by atoms with Gasteiger partial charge in [0.1, 0.15) is 0 Å². The first-order chi connectivity index (χ1) is 8.58. The first-order valence-corrected chi connectivity index (χ1v) is 7.62. The van der Waals surface area contributed by atoms with Gasteiger partial charge in [-0.05, 0) is 30.6 Å². The van der Waals surface area contributed by atoms with Crippen LogP contribution in [0.25, 0.3) is 0 Å². The molecule has 2 N–H and O–H groups in total. The molecule has 0 aromatic heterocycles. The lowest BCUT2D eigenvalue weighted by molar-refractivity contribution is -0.133. The van der Waals surface area contributed by atoms with Crippen LogP contribution >= 0.6 is 0 Å². The van der Waals surface area contributed by atoms with Crippen molar-refractivity contribution in [2.75, 3.05) is 13.1 Å². The second kappa shape index (κ2) is 5.60. The molecule has 3 nitrogen and oxygen atoms in total. The van der Waals surface area contributed by atoms with Crippen molar-refractivity contribution in [3.63, 3.8) is 0 Å². The third-order valence-corrected chi connectivity index (χ3v) is 5.21. The molecule has 2 atom stereocenters. The molecule has 3 heteroatoms. The van der Waals surface area contributed by atoms with Crippen LogP contribution in [0.2, 0.25) is 0 Å². The Morgan fingerprint density at radius 1 is 1.28 bits per heavy atom. The second-order valence-electron chi connectivity index (χ2n) is 6.48. The van der Waals surface area contributed by atoms with E-state index < -0.39 is 0 Å². The predicted molar refractivity (Wildman–Crippen MR) is 74.1 cm³/mol. The normalized spacial score (nSPS) is 26.3. The summed E-state index contributed by atoms with van der Waals surface area (Å²) in [5, 5.41) is 0. The minimum Gasteiger partial charge on any atom is -0.341 e. The summed E-state index contributed by atoms with van der Waals surface area (Å²) in [5.41, 5.74) is 6.53. The van der Waals surface area contributed by atoms with Gasteiger partial charge in [0.2, 0.25) is 5.91 Å². The van der Waals surface area contributed by atoms with Crippen molar-refractivity contribution in [1.82, 2.24) is 4.90 Å². The van der Waals surface area contributed by atoms with Gasteiger partial charge in [-0.2, -0.15) is 0 Å². The van der Waals surface area contributed by atoms with Crippen LogP contribution in [0.4, 0.5) is 0 Å². The molecule has 2 rings (SSSR count). The van der Waals surface area contributed by atoms with Gasteiger partial charge in [0.25, 0.3) is 0 Å². The Bertz CT molecular complexity index is 297. The summed E-state index contributed by atoms with van der Waals surface area (Å²) in [6, 6.07) is -0.297.